The quantitative estimate of drug-likeness (QED) is 0.431. The van der Waals surface area contributed by atoms with Gasteiger partial charge in [0.05, 0.1) is 0 Å². The SMILES string of the molecule is C=C[N+](=C)CC1CCCCC1. The Bertz CT molecular complexity index is 143. The minimum Gasteiger partial charge on any atom is -0.212 e. The monoisotopic (exact) mass is 152 g/mol. The van der Waals surface area contributed by atoms with Gasteiger partial charge in [0, 0.05) is 5.92 Å². The summed E-state index contributed by atoms with van der Waals surface area (Å²) in [5.41, 5.74) is 0. The molecular weight excluding hydrogens is 134 g/mol. The van der Waals surface area contributed by atoms with Gasteiger partial charge in [0.1, 0.15) is 6.72 Å². The summed E-state index contributed by atoms with van der Waals surface area (Å²) < 4.78 is 1.95. The zero-order valence-corrected chi connectivity index (χ0v) is 7.26. The van der Waals surface area contributed by atoms with E-state index in [1.165, 1.54) is 32.1 Å². The third-order valence-corrected chi connectivity index (χ3v) is 2.48. The fraction of sp³-hybridized carbons (Fsp3) is 0.700. The highest BCUT2D eigenvalue weighted by Gasteiger charge is 2.16. The molecule has 0 saturated heterocycles. The molecule has 0 spiro atoms. The van der Waals surface area contributed by atoms with E-state index in [0.29, 0.717) is 0 Å². The van der Waals surface area contributed by atoms with Crippen LogP contribution in [0.25, 0.3) is 0 Å². The summed E-state index contributed by atoms with van der Waals surface area (Å²) in [6.45, 7) is 8.66. The van der Waals surface area contributed by atoms with Crippen molar-refractivity contribution >= 4 is 6.72 Å². The highest BCUT2D eigenvalue weighted by molar-refractivity contribution is 5.15. The lowest BCUT2D eigenvalue weighted by atomic mass is 9.89. The average molecular weight is 152 g/mol. The van der Waals surface area contributed by atoms with Gasteiger partial charge >= 0.3 is 0 Å². The molecule has 0 aromatic rings. The topological polar surface area (TPSA) is 3.01 Å². The first-order chi connectivity index (χ1) is 5.33. The zero-order chi connectivity index (χ0) is 8.10. The first-order valence-electron chi connectivity index (χ1n) is 4.52. The number of nitrogens with zero attached hydrogens (tertiary/aromatic N) is 1. The molecule has 0 amide bonds. The second kappa shape index (κ2) is 4.32. The van der Waals surface area contributed by atoms with Crippen LogP contribution in [0.3, 0.4) is 0 Å². The van der Waals surface area contributed by atoms with Gasteiger partial charge < -0.3 is 0 Å². The van der Waals surface area contributed by atoms with Crippen LogP contribution in [0.5, 0.6) is 0 Å². The maximum absolute atomic E-state index is 3.87. The molecule has 62 valence electrons. The van der Waals surface area contributed by atoms with Gasteiger partial charge in [-0.15, -0.1) is 0 Å². The molecule has 11 heavy (non-hydrogen) atoms. The van der Waals surface area contributed by atoms with Gasteiger partial charge in [-0.25, -0.2) is 4.58 Å². The van der Waals surface area contributed by atoms with Crippen LogP contribution in [0.15, 0.2) is 12.8 Å². The molecule has 1 aliphatic carbocycles. The van der Waals surface area contributed by atoms with Gasteiger partial charge in [0.25, 0.3) is 0 Å². The van der Waals surface area contributed by atoms with E-state index in [2.05, 4.69) is 13.3 Å². The molecule has 1 nitrogen and oxygen atoms in total. The molecule has 0 aromatic carbocycles. The Balaban J connectivity index is 2.24. The summed E-state index contributed by atoms with van der Waals surface area (Å²) >= 11 is 0. The lowest BCUT2D eigenvalue weighted by Crippen LogP contribution is -2.17. The Morgan fingerprint density at radius 2 is 1.91 bits per heavy atom. The van der Waals surface area contributed by atoms with Crippen LogP contribution < -0.4 is 0 Å². The molecule has 0 atom stereocenters. The molecule has 1 aliphatic rings. The van der Waals surface area contributed by atoms with Crippen molar-refractivity contribution in [3.05, 3.63) is 12.8 Å². The van der Waals surface area contributed by atoms with E-state index < -0.39 is 0 Å². The molecule has 0 unspecified atom stereocenters. The van der Waals surface area contributed by atoms with Crippen molar-refractivity contribution in [3.63, 3.8) is 0 Å². The summed E-state index contributed by atoms with van der Waals surface area (Å²) in [6.07, 6.45) is 8.85. The average Bonchev–Trinajstić information content (AvgIpc) is 2.06. The molecular formula is C10H18N+. The molecule has 0 heterocycles. The normalized spacial score (nSPS) is 19.6. The molecule has 1 heteroatoms. The van der Waals surface area contributed by atoms with Crippen LogP contribution >= 0.6 is 0 Å². The van der Waals surface area contributed by atoms with E-state index in [9.17, 15) is 0 Å². The summed E-state index contributed by atoms with van der Waals surface area (Å²) in [4.78, 5) is 0. The highest BCUT2D eigenvalue weighted by Crippen LogP contribution is 2.23. The number of rotatable bonds is 3. The van der Waals surface area contributed by atoms with E-state index in [1.807, 2.05) is 10.8 Å². The largest absolute Gasteiger partial charge is 0.212 e. The second-order valence-corrected chi connectivity index (χ2v) is 3.46. The van der Waals surface area contributed by atoms with Crippen LogP contribution in [0.2, 0.25) is 0 Å². The first-order valence-corrected chi connectivity index (χ1v) is 4.52. The summed E-state index contributed by atoms with van der Waals surface area (Å²) in [5, 5.41) is 0. The molecule has 0 radical (unpaired) electrons. The van der Waals surface area contributed by atoms with Gasteiger partial charge in [-0.05, 0) is 19.4 Å². The zero-order valence-electron chi connectivity index (χ0n) is 7.26. The highest BCUT2D eigenvalue weighted by atomic mass is 14.9. The molecule has 0 bridgehead atoms. The van der Waals surface area contributed by atoms with Gasteiger partial charge in [-0.1, -0.05) is 19.3 Å². The smallest absolute Gasteiger partial charge is 0.161 e. The summed E-state index contributed by atoms with van der Waals surface area (Å²) in [5.74, 6) is 0.874. The van der Waals surface area contributed by atoms with E-state index in [-0.39, 0.29) is 0 Å². The van der Waals surface area contributed by atoms with Crippen LogP contribution in [0.4, 0.5) is 0 Å². The van der Waals surface area contributed by atoms with Crippen molar-refractivity contribution in [2.75, 3.05) is 6.54 Å². The van der Waals surface area contributed by atoms with E-state index >= 15 is 0 Å². The Hall–Kier alpha value is -0.590. The molecule has 1 rings (SSSR count). The summed E-state index contributed by atoms with van der Waals surface area (Å²) in [6, 6.07) is 0. The fourth-order valence-electron chi connectivity index (χ4n) is 1.78. The van der Waals surface area contributed by atoms with Gasteiger partial charge in [0.15, 0.2) is 12.7 Å². The number of hydrogen-bond acceptors (Lipinski definition) is 0. The Morgan fingerprint density at radius 3 is 2.45 bits per heavy atom. The predicted octanol–water partition coefficient (Wildman–Crippen LogP) is 2.42. The van der Waals surface area contributed by atoms with E-state index in [1.54, 1.807) is 0 Å². The predicted molar refractivity (Wildman–Crippen MR) is 49.0 cm³/mol. The van der Waals surface area contributed by atoms with Crippen molar-refractivity contribution < 1.29 is 4.58 Å². The third kappa shape index (κ3) is 2.87. The van der Waals surface area contributed by atoms with E-state index in [0.717, 1.165) is 12.5 Å². The molecule has 1 fully saturated rings. The summed E-state index contributed by atoms with van der Waals surface area (Å²) in [7, 11) is 0. The minimum absolute atomic E-state index is 0.874. The van der Waals surface area contributed by atoms with Crippen LogP contribution in [0, 0.1) is 5.92 Å². The molecule has 0 N–H and O–H groups in total. The Kier molecular flexibility index (Phi) is 3.34. The van der Waals surface area contributed by atoms with Crippen LogP contribution in [-0.2, 0) is 0 Å². The maximum Gasteiger partial charge on any atom is 0.161 e. The molecule has 0 aliphatic heterocycles. The lowest BCUT2D eigenvalue weighted by Gasteiger charge is -2.18. The third-order valence-electron chi connectivity index (χ3n) is 2.48. The van der Waals surface area contributed by atoms with Crippen LogP contribution in [-0.4, -0.2) is 17.8 Å². The van der Waals surface area contributed by atoms with Gasteiger partial charge in [-0.3, -0.25) is 0 Å². The number of hydrogen-bond donors (Lipinski definition) is 0. The fourth-order valence-corrected chi connectivity index (χ4v) is 1.78. The van der Waals surface area contributed by atoms with Crippen molar-refractivity contribution in [3.8, 4) is 0 Å². The standard InChI is InChI=1S/C10H18N/c1-3-11(2)9-10-7-5-4-6-8-10/h3,10H,1-2,4-9H2/q+1. The van der Waals surface area contributed by atoms with Crippen molar-refractivity contribution in [2.24, 2.45) is 5.92 Å². The minimum atomic E-state index is 0.874. The van der Waals surface area contributed by atoms with Crippen molar-refractivity contribution in [2.45, 2.75) is 32.1 Å². The Morgan fingerprint density at radius 1 is 1.27 bits per heavy atom. The molecule has 0 aromatic heterocycles. The van der Waals surface area contributed by atoms with Gasteiger partial charge in [0.2, 0.25) is 0 Å². The second-order valence-electron chi connectivity index (χ2n) is 3.46. The maximum atomic E-state index is 3.87. The van der Waals surface area contributed by atoms with Gasteiger partial charge in [-0.2, -0.15) is 0 Å². The lowest BCUT2D eigenvalue weighted by molar-refractivity contribution is -0.457. The molecule has 1 saturated carbocycles. The van der Waals surface area contributed by atoms with Crippen molar-refractivity contribution in [1.29, 1.82) is 0 Å². The van der Waals surface area contributed by atoms with E-state index in [4.69, 9.17) is 0 Å². The first kappa shape index (κ1) is 8.51. The van der Waals surface area contributed by atoms with Crippen molar-refractivity contribution in [1.82, 2.24) is 0 Å². The Labute approximate surface area is 69.4 Å². The van der Waals surface area contributed by atoms with Crippen LogP contribution in [0.1, 0.15) is 32.1 Å².